The van der Waals surface area contributed by atoms with E-state index in [1.165, 1.54) is 16.7 Å². The third-order valence-corrected chi connectivity index (χ3v) is 3.84. The van der Waals surface area contributed by atoms with Crippen LogP contribution in [0, 0.1) is 11.3 Å². The molecule has 0 saturated carbocycles. The van der Waals surface area contributed by atoms with Gasteiger partial charge in [0.2, 0.25) is 5.91 Å². The Bertz CT molecular complexity index is 491. The van der Waals surface area contributed by atoms with Gasteiger partial charge >= 0.3 is 5.97 Å². The van der Waals surface area contributed by atoms with Crippen LogP contribution in [0.1, 0.15) is 56.0 Å². The number of amides is 1. The molecule has 1 aromatic rings. The van der Waals surface area contributed by atoms with Crippen molar-refractivity contribution in [2.45, 2.75) is 47.0 Å². The standard InChI is InChI=1S/C15H24N2O3S/c1-10(8-15(2,3)4)7-12(18)16-6-5-13-17-11(9-21-13)14(19)20/h9-10H,5-8H2,1-4H3,(H,16,18)(H,19,20). The molecule has 0 saturated heterocycles. The van der Waals surface area contributed by atoms with Crippen molar-refractivity contribution in [1.82, 2.24) is 10.3 Å². The van der Waals surface area contributed by atoms with Crippen LogP contribution >= 0.6 is 11.3 Å². The number of nitrogens with one attached hydrogen (secondary N) is 1. The molecule has 0 radical (unpaired) electrons. The Kier molecular flexibility index (Phi) is 6.33. The van der Waals surface area contributed by atoms with Crippen molar-refractivity contribution in [2.75, 3.05) is 6.54 Å². The third-order valence-electron chi connectivity index (χ3n) is 2.93. The Morgan fingerprint density at radius 1 is 1.43 bits per heavy atom. The summed E-state index contributed by atoms with van der Waals surface area (Å²) in [6.45, 7) is 9.09. The fraction of sp³-hybridized carbons (Fsp3) is 0.667. The molecule has 2 N–H and O–H groups in total. The van der Waals surface area contributed by atoms with Gasteiger partial charge in [0.1, 0.15) is 0 Å². The van der Waals surface area contributed by atoms with Crippen LogP contribution in [0.3, 0.4) is 0 Å². The maximum absolute atomic E-state index is 11.8. The van der Waals surface area contributed by atoms with Gasteiger partial charge in [-0.1, -0.05) is 27.7 Å². The minimum atomic E-state index is -1.02. The van der Waals surface area contributed by atoms with Gasteiger partial charge < -0.3 is 10.4 Å². The lowest BCUT2D eigenvalue weighted by molar-refractivity contribution is -0.122. The second-order valence-corrected chi connectivity index (χ2v) is 7.55. The summed E-state index contributed by atoms with van der Waals surface area (Å²) in [4.78, 5) is 26.5. The highest BCUT2D eigenvalue weighted by Gasteiger charge is 2.17. The van der Waals surface area contributed by atoms with E-state index < -0.39 is 5.97 Å². The van der Waals surface area contributed by atoms with Gasteiger partial charge in [0.05, 0.1) is 5.01 Å². The molecule has 1 unspecified atom stereocenters. The van der Waals surface area contributed by atoms with E-state index in [0.717, 1.165) is 11.4 Å². The molecular formula is C15H24N2O3S. The maximum atomic E-state index is 11.8. The van der Waals surface area contributed by atoms with Crippen LogP contribution in [0.5, 0.6) is 0 Å². The SMILES string of the molecule is CC(CC(=O)NCCc1nc(C(=O)O)cs1)CC(C)(C)C. The van der Waals surface area contributed by atoms with Crippen molar-refractivity contribution >= 4 is 23.2 Å². The van der Waals surface area contributed by atoms with Crippen molar-refractivity contribution < 1.29 is 14.7 Å². The zero-order chi connectivity index (χ0) is 16.0. The van der Waals surface area contributed by atoms with Crippen molar-refractivity contribution in [3.05, 3.63) is 16.1 Å². The fourth-order valence-corrected chi connectivity index (χ4v) is 3.11. The lowest BCUT2D eigenvalue weighted by Crippen LogP contribution is -2.28. The number of carbonyl (C=O) groups is 2. The summed E-state index contributed by atoms with van der Waals surface area (Å²) >= 11 is 1.31. The molecule has 1 rings (SSSR count). The van der Waals surface area contributed by atoms with Gasteiger partial charge in [-0.25, -0.2) is 9.78 Å². The summed E-state index contributed by atoms with van der Waals surface area (Å²) in [6, 6.07) is 0. The van der Waals surface area contributed by atoms with Gasteiger partial charge in [-0.3, -0.25) is 4.79 Å². The number of aromatic carboxylic acids is 1. The quantitative estimate of drug-likeness (QED) is 0.811. The molecule has 0 spiro atoms. The summed E-state index contributed by atoms with van der Waals surface area (Å²) < 4.78 is 0. The molecular weight excluding hydrogens is 288 g/mol. The van der Waals surface area contributed by atoms with Crippen LogP contribution in [0.25, 0.3) is 0 Å². The van der Waals surface area contributed by atoms with Gasteiger partial charge in [-0.15, -0.1) is 11.3 Å². The highest BCUT2D eigenvalue weighted by atomic mass is 32.1. The number of aromatic nitrogens is 1. The average Bonchev–Trinajstić information content (AvgIpc) is 2.74. The molecule has 21 heavy (non-hydrogen) atoms. The number of rotatable bonds is 7. The number of carboxylic acid groups (broad SMARTS) is 1. The fourth-order valence-electron chi connectivity index (χ4n) is 2.34. The molecule has 0 aliphatic rings. The Hall–Kier alpha value is -1.43. The Balaban J connectivity index is 2.28. The molecule has 0 aliphatic carbocycles. The topological polar surface area (TPSA) is 79.3 Å². The number of thiazole rings is 1. The number of hydrogen-bond donors (Lipinski definition) is 2. The van der Waals surface area contributed by atoms with E-state index in [0.29, 0.717) is 25.3 Å². The van der Waals surface area contributed by atoms with E-state index in [2.05, 4.69) is 38.0 Å². The molecule has 1 heterocycles. The average molecular weight is 312 g/mol. The van der Waals surface area contributed by atoms with Gasteiger partial charge in [0.25, 0.3) is 0 Å². The molecule has 5 nitrogen and oxygen atoms in total. The molecule has 0 aliphatic heterocycles. The first-order valence-electron chi connectivity index (χ1n) is 7.12. The van der Waals surface area contributed by atoms with E-state index in [1.807, 2.05) is 0 Å². The second-order valence-electron chi connectivity index (χ2n) is 6.61. The van der Waals surface area contributed by atoms with Crippen molar-refractivity contribution in [2.24, 2.45) is 11.3 Å². The largest absolute Gasteiger partial charge is 0.476 e. The van der Waals surface area contributed by atoms with Crippen LogP contribution in [0.15, 0.2) is 5.38 Å². The van der Waals surface area contributed by atoms with E-state index in [-0.39, 0.29) is 17.0 Å². The Labute approximate surface area is 129 Å². The van der Waals surface area contributed by atoms with Crippen molar-refractivity contribution in [3.63, 3.8) is 0 Å². The molecule has 0 bridgehead atoms. The second kappa shape index (κ2) is 7.54. The molecule has 1 atom stereocenters. The monoisotopic (exact) mass is 312 g/mol. The van der Waals surface area contributed by atoms with Gasteiger partial charge in [-0.05, 0) is 17.8 Å². The van der Waals surface area contributed by atoms with E-state index in [4.69, 9.17) is 5.11 Å². The number of hydrogen-bond acceptors (Lipinski definition) is 4. The minimum absolute atomic E-state index is 0.0433. The molecule has 1 amide bonds. The summed E-state index contributed by atoms with van der Waals surface area (Å²) in [5.74, 6) is -0.622. The molecule has 0 aromatic carbocycles. The number of carbonyl (C=O) groups excluding carboxylic acids is 1. The summed E-state index contributed by atoms with van der Waals surface area (Å²) in [6.07, 6.45) is 2.10. The highest BCUT2D eigenvalue weighted by Crippen LogP contribution is 2.25. The van der Waals surface area contributed by atoms with Crippen molar-refractivity contribution in [3.8, 4) is 0 Å². The molecule has 6 heteroatoms. The summed E-state index contributed by atoms with van der Waals surface area (Å²) in [5.41, 5.74) is 0.300. The van der Waals surface area contributed by atoms with Gasteiger partial charge in [0, 0.05) is 24.8 Å². The van der Waals surface area contributed by atoms with E-state index in [9.17, 15) is 9.59 Å². The molecule has 1 aromatic heterocycles. The predicted octanol–water partition coefficient (Wildman–Crippen LogP) is 2.96. The van der Waals surface area contributed by atoms with E-state index >= 15 is 0 Å². The highest BCUT2D eigenvalue weighted by molar-refractivity contribution is 7.09. The first-order chi connectivity index (χ1) is 9.67. The van der Waals surface area contributed by atoms with Crippen LogP contribution in [-0.2, 0) is 11.2 Å². The van der Waals surface area contributed by atoms with Gasteiger partial charge in [0.15, 0.2) is 5.69 Å². The number of carboxylic acids is 1. The van der Waals surface area contributed by atoms with Crippen molar-refractivity contribution in [1.29, 1.82) is 0 Å². The van der Waals surface area contributed by atoms with Crippen LogP contribution in [-0.4, -0.2) is 28.5 Å². The zero-order valence-electron chi connectivity index (χ0n) is 13.1. The summed E-state index contributed by atoms with van der Waals surface area (Å²) in [7, 11) is 0. The first-order valence-corrected chi connectivity index (χ1v) is 8.00. The van der Waals surface area contributed by atoms with Gasteiger partial charge in [-0.2, -0.15) is 0 Å². The third kappa shape index (κ3) is 7.22. The lowest BCUT2D eigenvalue weighted by Gasteiger charge is -2.22. The van der Waals surface area contributed by atoms with Crippen LogP contribution < -0.4 is 5.32 Å². The van der Waals surface area contributed by atoms with E-state index in [1.54, 1.807) is 0 Å². The number of nitrogens with zero attached hydrogens (tertiary/aromatic N) is 1. The Morgan fingerprint density at radius 2 is 2.10 bits per heavy atom. The predicted molar refractivity (Wildman–Crippen MR) is 83.6 cm³/mol. The molecule has 0 fully saturated rings. The Morgan fingerprint density at radius 3 is 2.62 bits per heavy atom. The summed E-state index contributed by atoms with van der Waals surface area (Å²) in [5, 5.41) is 13.9. The zero-order valence-corrected chi connectivity index (χ0v) is 13.9. The maximum Gasteiger partial charge on any atom is 0.355 e. The van der Waals surface area contributed by atoms with Crippen LogP contribution in [0.2, 0.25) is 0 Å². The first kappa shape index (κ1) is 17.6. The van der Waals surface area contributed by atoms with Crippen LogP contribution in [0.4, 0.5) is 0 Å². The smallest absolute Gasteiger partial charge is 0.355 e. The lowest BCUT2D eigenvalue weighted by atomic mass is 9.84. The normalized spacial score (nSPS) is 13.0. The molecule has 118 valence electrons. The minimum Gasteiger partial charge on any atom is -0.476 e.